The van der Waals surface area contributed by atoms with Crippen LogP contribution in [0.15, 0.2) is 72.0 Å². The summed E-state index contributed by atoms with van der Waals surface area (Å²) in [5.41, 5.74) is 3.22. The molecule has 8 nitrogen and oxygen atoms in total. The highest BCUT2D eigenvalue weighted by Gasteiger charge is 2.16. The van der Waals surface area contributed by atoms with E-state index >= 15 is 0 Å². The number of nitrogens with one attached hydrogen (secondary N) is 2. The summed E-state index contributed by atoms with van der Waals surface area (Å²) >= 11 is 0. The summed E-state index contributed by atoms with van der Waals surface area (Å²) < 4.78 is 30.1. The lowest BCUT2D eigenvalue weighted by Crippen LogP contribution is -2.14. The van der Waals surface area contributed by atoms with Crippen molar-refractivity contribution in [2.75, 3.05) is 10.0 Å². The van der Waals surface area contributed by atoms with E-state index in [0.717, 1.165) is 11.1 Å². The summed E-state index contributed by atoms with van der Waals surface area (Å²) in [6.45, 7) is 3.22. The second-order valence-electron chi connectivity index (χ2n) is 6.79. The Morgan fingerprint density at radius 2 is 1.87 bits per heavy atom. The molecule has 1 amide bonds. The molecule has 2 N–H and O–H groups in total. The van der Waals surface area contributed by atoms with Gasteiger partial charge in [-0.3, -0.25) is 13.9 Å². The van der Waals surface area contributed by atoms with Gasteiger partial charge in [0.1, 0.15) is 0 Å². The minimum atomic E-state index is -3.81. The molecule has 0 unspecified atom stereocenters. The minimum absolute atomic E-state index is 0.0957. The Labute approximate surface area is 173 Å². The predicted molar refractivity (Wildman–Crippen MR) is 115 cm³/mol. The van der Waals surface area contributed by atoms with Gasteiger partial charge in [-0.2, -0.15) is 0 Å². The molecule has 30 heavy (non-hydrogen) atoms. The number of fused-ring (bicyclic) bond motifs is 1. The molecule has 152 valence electrons. The van der Waals surface area contributed by atoms with Crippen LogP contribution in [0.25, 0.3) is 17.0 Å². The number of imidazole rings is 1. The van der Waals surface area contributed by atoms with Crippen LogP contribution in [0.5, 0.6) is 0 Å². The molecular weight excluding hydrogens is 402 g/mol. The number of aryl methyl sites for hydroxylation is 1. The first-order valence-corrected chi connectivity index (χ1v) is 10.6. The van der Waals surface area contributed by atoms with Crippen molar-refractivity contribution in [2.45, 2.75) is 18.7 Å². The largest absolute Gasteiger partial charge is 0.326 e. The van der Waals surface area contributed by atoms with E-state index in [1.807, 2.05) is 37.5 Å². The van der Waals surface area contributed by atoms with Crippen molar-refractivity contribution in [3.8, 4) is 11.3 Å². The molecule has 0 aliphatic heterocycles. The zero-order valence-corrected chi connectivity index (χ0v) is 17.1. The van der Waals surface area contributed by atoms with Gasteiger partial charge in [0, 0.05) is 36.8 Å². The quantitative estimate of drug-likeness (QED) is 0.513. The molecule has 9 heteroatoms. The van der Waals surface area contributed by atoms with Crippen molar-refractivity contribution in [1.29, 1.82) is 0 Å². The number of aromatic nitrogens is 3. The average Bonchev–Trinajstić information content (AvgIpc) is 3.14. The maximum absolute atomic E-state index is 12.8. The number of carbonyl (C=O) groups excluding carboxylic acids is 1. The van der Waals surface area contributed by atoms with Crippen LogP contribution >= 0.6 is 0 Å². The lowest BCUT2D eigenvalue weighted by molar-refractivity contribution is -0.114. The van der Waals surface area contributed by atoms with Gasteiger partial charge in [-0.1, -0.05) is 12.1 Å². The number of hydrogen-bond acceptors (Lipinski definition) is 5. The molecule has 2 aromatic heterocycles. The van der Waals surface area contributed by atoms with Gasteiger partial charge in [0.25, 0.3) is 10.0 Å². The fourth-order valence-electron chi connectivity index (χ4n) is 2.98. The highest BCUT2D eigenvalue weighted by Crippen LogP contribution is 2.27. The van der Waals surface area contributed by atoms with E-state index in [1.165, 1.54) is 19.1 Å². The normalized spacial score (nSPS) is 11.4. The summed E-state index contributed by atoms with van der Waals surface area (Å²) in [5, 5.41) is 2.61. The van der Waals surface area contributed by atoms with Crippen molar-refractivity contribution < 1.29 is 13.2 Å². The van der Waals surface area contributed by atoms with Crippen molar-refractivity contribution in [1.82, 2.24) is 14.4 Å². The minimum Gasteiger partial charge on any atom is -0.326 e. The van der Waals surface area contributed by atoms with Gasteiger partial charge < -0.3 is 5.32 Å². The second kappa shape index (κ2) is 7.60. The predicted octanol–water partition coefficient (Wildman–Crippen LogP) is 3.46. The number of amides is 1. The van der Waals surface area contributed by atoms with Crippen molar-refractivity contribution >= 4 is 33.1 Å². The molecule has 4 aromatic rings. The zero-order valence-electron chi connectivity index (χ0n) is 16.3. The Bertz CT molecular complexity index is 1310. The number of hydrogen-bond donors (Lipinski definition) is 2. The smallest absolute Gasteiger partial charge is 0.261 e. The van der Waals surface area contributed by atoms with Crippen LogP contribution in [0, 0.1) is 6.92 Å². The first-order chi connectivity index (χ1) is 14.3. The first-order valence-electron chi connectivity index (χ1n) is 9.13. The molecular formula is C21H19N5O3S. The average molecular weight is 421 g/mol. The molecule has 0 aliphatic rings. The molecule has 0 aliphatic carbocycles. The molecule has 2 aromatic carbocycles. The monoisotopic (exact) mass is 421 g/mol. The van der Waals surface area contributed by atoms with Crippen molar-refractivity contribution in [2.24, 2.45) is 0 Å². The number of anilines is 2. The third kappa shape index (κ3) is 4.01. The van der Waals surface area contributed by atoms with E-state index in [-0.39, 0.29) is 10.8 Å². The van der Waals surface area contributed by atoms with E-state index in [4.69, 9.17) is 0 Å². The second-order valence-corrected chi connectivity index (χ2v) is 8.48. The van der Waals surface area contributed by atoms with Gasteiger partial charge in [0.15, 0.2) is 0 Å². The van der Waals surface area contributed by atoms with Crippen LogP contribution in [-0.2, 0) is 14.8 Å². The van der Waals surface area contributed by atoms with E-state index in [1.54, 1.807) is 28.8 Å². The maximum atomic E-state index is 12.8. The molecule has 0 atom stereocenters. The summed E-state index contributed by atoms with van der Waals surface area (Å²) in [6.07, 6.45) is 5.35. The van der Waals surface area contributed by atoms with Crippen LogP contribution in [0.1, 0.15) is 12.5 Å². The number of nitrogens with zero attached hydrogens (tertiary/aromatic N) is 3. The lowest BCUT2D eigenvalue weighted by Gasteiger charge is -2.12. The van der Waals surface area contributed by atoms with Crippen LogP contribution in [0.2, 0.25) is 0 Å². The highest BCUT2D eigenvalue weighted by atomic mass is 32.2. The summed E-state index contributed by atoms with van der Waals surface area (Å²) in [4.78, 5) is 19.9. The fourth-order valence-corrected chi connectivity index (χ4v) is 4.11. The molecule has 4 rings (SSSR count). The number of sulfonamides is 1. The van der Waals surface area contributed by atoms with Crippen molar-refractivity contribution in [3.63, 3.8) is 0 Å². The van der Waals surface area contributed by atoms with Gasteiger partial charge in [-0.15, -0.1) is 0 Å². The van der Waals surface area contributed by atoms with Gasteiger partial charge >= 0.3 is 0 Å². The molecule has 0 saturated heterocycles. The summed E-state index contributed by atoms with van der Waals surface area (Å²) in [7, 11) is -3.81. The molecule has 0 spiro atoms. The number of carbonyl (C=O) groups is 1. The molecule has 0 radical (unpaired) electrons. The molecule has 0 saturated carbocycles. The van der Waals surface area contributed by atoms with Gasteiger partial charge in [-0.25, -0.2) is 18.4 Å². The Hall–Kier alpha value is -3.72. The topological polar surface area (TPSA) is 105 Å². The third-order valence-electron chi connectivity index (χ3n) is 4.50. The van der Waals surface area contributed by atoms with Crippen LogP contribution < -0.4 is 10.0 Å². The van der Waals surface area contributed by atoms with E-state index in [9.17, 15) is 13.2 Å². The van der Waals surface area contributed by atoms with Crippen LogP contribution in [0.4, 0.5) is 11.4 Å². The fraction of sp³-hybridized carbons (Fsp3) is 0.0952. The molecule has 0 fully saturated rings. The summed E-state index contributed by atoms with van der Waals surface area (Å²) in [5.74, 6) is 0.341. The SMILES string of the molecule is CC(=O)Nc1ccc(S(=O)(=O)Nc2cc(-c3cn4cccnc4n3)ccc2C)cc1. The Morgan fingerprint density at radius 1 is 1.10 bits per heavy atom. The Balaban J connectivity index is 1.63. The third-order valence-corrected chi connectivity index (χ3v) is 5.88. The highest BCUT2D eigenvalue weighted by molar-refractivity contribution is 7.92. The standard InChI is InChI=1S/C21H19N5O3S/c1-14-4-5-16(20-13-26-11-3-10-22-21(26)24-20)12-19(14)25-30(28,29)18-8-6-17(7-9-18)23-15(2)27/h3-13,25H,1-2H3,(H,23,27). The molecule has 0 bridgehead atoms. The van der Waals surface area contributed by atoms with Crippen molar-refractivity contribution in [3.05, 3.63) is 72.7 Å². The Morgan fingerprint density at radius 3 is 2.57 bits per heavy atom. The van der Waals surface area contributed by atoms with E-state index in [2.05, 4.69) is 20.0 Å². The lowest BCUT2D eigenvalue weighted by atomic mass is 10.1. The van der Waals surface area contributed by atoms with E-state index < -0.39 is 10.0 Å². The Kier molecular flexibility index (Phi) is 4.96. The first kappa shape index (κ1) is 19.6. The van der Waals surface area contributed by atoms with Gasteiger partial charge in [0.2, 0.25) is 11.7 Å². The van der Waals surface area contributed by atoms with Crippen LogP contribution in [0.3, 0.4) is 0 Å². The van der Waals surface area contributed by atoms with Crippen LogP contribution in [-0.4, -0.2) is 28.7 Å². The number of benzene rings is 2. The summed E-state index contributed by atoms with van der Waals surface area (Å²) in [6, 6.07) is 13.3. The van der Waals surface area contributed by atoms with E-state index in [0.29, 0.717) is 22.8 Å². The zero-order chi connectivity index (χ0) is 21.3. The maximum Gasteiger partial charge on any atom is 0.261 e. The van der Waals surface area contributed by atoms with Gasteiger partial charge in [-0.05, 0) is 48.9 Å². The molecule has 2 heterocycles. The number of rotatable bonds is 5. The van der Waals surface area contributed by atoms with Gasteiger partial charge in [0.05, 0.1) is 16.3 Å².